The molecule has 5 atom stereocenters. The van der Waals surface area contributed by atoms with Gasteiger partial charge in [0, 0.05) is 36.5 Å². The average molecular weight is 637 g/mol. The number of rotatable bonds is 17. The summed E-state index contributed by atoms with van der Waals surface area (Å²) in [5.41, 5.74) is 19.2. The molecule has 2 aromatic carbocycles. The van der Waals surface area contributed by atoms with Gasteiger partial charge in [-0.15, -0.1) is 0 Å². The summed E-state index contributed by atoms with van der Waals surface area (Å²) in [4.78, 5) is 59.7. The summed E-state index contributed by atoms with van der Waals surface area (Å²) in [6.45, 7) is 3.91. The molecular formula is C32H44N8O6. The third kappa shape index (κ3) is 10.2. The maximum atomic E-state index is 13.8. The molecule has 3 rings (SSSR count). The third-order valence-electron chi connectivity index (χ3n) is 7.86. The normalized spacial score (nSPS) is 14.3. The summed E-state index contributed by atoms with van der Waals surface area (Å²) in [5.74, 6) is -3.45. The lowest BCUT2D eigenvalue weighted by Gasteiger charge is -2.26. The number of hydrogen-bond acceptors (Lipinski definition) is 7. The van der Waals surface area contributed by atoms with Crippen LogP contribution in [-0.2, 0) is 32.0 Å². The average Bonchev–Trinajstić information content (AvgIpc) is 3.44. The fraction of sp³-hybridized carbons (Fsp3) is 0.406. The van der Waals surface area contributed by atoms with Crippen molar-refractivity contribution in [3.8, 4) is 5.75 Å². The number of hydrogen-bond donors (Lipinski definition) is 9. The zero-order chi connectivity index (χ0) is 33.8. The molecule has 0 aliphatic heterocycles. The standard InChI is InChI=1S/C32H44N8O6/c1-3-18(2)27(33)30(44)39-25(16-20-17-37-23-8-5-4-7-22(20)23)29(43)38-24(9-6-14-36-32(34)35)28(42)40-26(31(45)46)15-19-10-12-21(41)13-11-19/h4-5,7-8,10-13,17-18,24-27,37,41H,3,6,9,14-16,33H2,1-2H3,(H,38,43)(H,39,44)(H,40,42)(H,45,46)(H4,34,35,36). The number of carbonyl (C=O) groups excluding carboxylic acids is 3. The summed E-state index contributed by atoms with van der Waals surface area (Å²) >= 11 is 0. The van der Waals surface area contributed by atoms with Gasteiger partial charge in [-0.05, 0) is 48.1 Å². The van der Waals surface area contributed by atoms with E-state index in [1.165, 1.54) is 12.1 Å². The van der Waals surface area contributed by atoms with Gasteiger partial charge in [0.15, 0.2) is 5.96 Å². The largest absolute Gasteiger partial charge is 0.508 e. The molecule has 14 heteroatoms. The Labute approximate surface area is 267 Å². The van der Waals surface area contributed by atoms with Crippen molar-refractivity contribution in [3.05, 3.63) is 65.9 Å². The topological polar surface area (TPSA) is 251 Å². The number of carboxylic acid groups (broad SMARTS) is 1. The molecule has 248 valence electrons. The zero-order valence-corrected chi connectivity index (χ0v) is 26.0. The first-order valence-electron chi connectivity index (χ1n) is 15.2. The van der Waals surface area contributed by atoms with E-state index in [1.807, 2.05) is 38.1 Å². The summed E-state index contributed by atoms with van der Waals surface area (Å²) < 4.78 is 0. The molecule has 0 saturated heterocycles. The fourth-order valence-corrected chi connectivity index (χ4v) is 4.89. The number of para-hydroxylation sites is 1. The number of fused-ring (bicyclic) bond motifs is 1. The number of aromatic hydroxyl groups is 1. The molecule has 0 aliphatic rings. The van der Waals surface area contributed by atoms with E-state index in [9.17, 15) is 29.4 Å². The second-order valence-electron chi connectivity index (χ2n) is 11.3. The number of carboxylic acids is 1. The zero-order valence-electron chi connectivity index (χ0n) is 26.0. The Morgan fingerprint density at radius 2 is 1.52 bits per heavy atom. The highest BCUT2D eigenvalue weighted by atomic mass is 16.4. The van der Waals surface area contributed by atoms with Crippen LogP contribution >= 0.6 is 0 Å². The van der Waals surface area contributed by atoms with Crippen molar-refractivity contribution in [2.24, 2.45) is 28.1 Å². The number of phenolic OH excluding ortho intramolecular Hbond substituents is 1. The molecule has 0 bridgehead atoms. The lowest BCUT2D eigenvalue weighted by molar-refractivity contribution is -0.142. The van der Waals surface area contributed by atoms with Crippen LogP contribution in [0.2, 0.25) is 0 Å². The number of carbonyl (C=O) groups is 4. The van der Waals surface area contributed by atoms with Gasteiger partial charge in [-0.25, -0.2) is 4.79 Å². The maximum Gasteiger partial charge on any atom is 0.326 e. The Bertz CT molecular complexity index is 1520. The minimum atomic E-state index is -1.33. The molecule has 0 radical (unpaired) electrons. The number of aromatic amines is 1. The van der Waals surface area contributed by atoms with E-state index < -0.39 is 47.9 Å². The number of nitrogens with one attached hydrogen (secondary N) is 4. The van der Waals surface area contributed by atoms with Crippen LogP contribution in [0.25, 0.3) is 10.9 Å². The summed E-state index contributed by atoms with van der Waals surface area (Å²) in [6, 6.07) is 8.95. The van der Waals surface area contributed by atoms with Crippen molar-refractivity contribution >= 4 is 40.6 Å². The molecule has 5 unspecified atom stereocenters. The van der Waals surface area contributed by atoms with Gasteiger partial charge in [-0.1, -0.05) is 50.6 Å². The van der Waals surface area contributed by atoms with Crippen molar-refractivity contribution in [3.63, 3.8) is 0 Å². The highest BCUT2D eigenvalue weighted by Gasteiger charge is 2.31. The van der Waals surface area contributed by atoms with Gasteiger partial charge in [0.25, 0.3) is 0 Å². The molecule has 12 N–H and O–H groups in total. The number of phenols is 1. The number of nitrogens with zero attached hydrogens (tertiary/aromatic N) is 1. The molecule has 0 saturated carbocycles. The first kappa shape index (κ1) is 35.4. The molecule has 1 heterocycles. The van der Waals surface area contributed by atoms with Gasteiger partial charge in [-0.3, -0.25) is 19.4 Å². The minimum Gasteiger partial charge on any atom is -0.508 e. The van der Waals surface area contributed by atoms with E-state index in [0.29, 0.717) is 12.0 Å². The van der Waals surface area contributed by atoms with E-state index in [-0.39, 0.29) is 49.9 Å². The quantitative estimate of drug-likeness (QED) is 0.0571. The van der Waals surface area contributed by atoms with Crippen LogP contribution in [0.4, 0.5) is 0 Å². The molecule has 0 aliphatic carbocycles. The number of H-pyrrole nitrogens is 1. The minimum absolute atomic E-state index is 0.0163. The van der Waals surface area contributed by atoms with Gasteiger partial charge >= 0.3 is 5.97 Å². The van der Waals surface area contributed by atoms with Crippen LogP contribution < -0.4 is 33.2 Å². The number of amides is 3. The predicted octanol–water partition coefficient (Wildman–Crippen LogP) is 0.625. The molecular weight excluding hydrogens is 592 g/mol. The Balaban J connectivity index is 1.86. The van der Waals surface area contributed by atoms with Gasteiger partial charge in [0.2, 0.25) is 17.7 Å². The van der Waals surface area contributed by atoms with Crippen molar-refractivity contribution in [1.29, 1.82) is 0 Å². The van der Waals surface area contributed by atoms with E-state index in [2.05, 4.69) is 25.9 Å². The lowest BCUT2D eigenvalue weighted by atomic mass is 9.98. The van der Waals surface area contributed by atoms with Crippen LogP contribution in [0.3, 0.4) is 0 Å². The van der Waals surface area contributed by atoms with Crippen molar-refractivity contribution < 1.29 is 29.4 Å². The Kier molecular flexibility index (Phi) is 12.9. The maximum absolute atomic E-state index is 13.8. The van der Waals surface area contributed by atoms with Crippen LogP contribution in [0, 0.1) is 5.92 Å². The highest BCUT2D eigenvalue weighted by molar-refractivity contribution is 5.95. The highest BCUT2D eigenvalue weighted by Crippen LogP contribution is 2.20. The van der Waals surface area contributed by atoms with E-state index >= 15 is 0 Å². The first-order valence-corrected chi connectivity index (χ1v) is 15.2. The van der Waals surface area contributed by atoms with Gasteiger partial charge < -0.3 is 48.3 Å². The van der Waals surface area contributed by atoms with E-state index in [1.54, 1.807) is 18.3 Å². The van der Waals surface area contributed by atoms with E-state index in [4.69, 9.17) is 17.2 Å². The molecule has 3 aromatic rings. The van der Waals surface area contributed by atoms with Crippen molar-refractivity contribution in [2.75, 3.05) is 6.54 Å². The lowest BCUT2D eigenvalue weighted by Crippen LogP contribution is -2.58. The number of benzene rings is 2. The monoisotopic (exact) mass is 636 g/mol. The second-order valence-corrected chi connectivity index (χ2v) is 11.3. The molecule has 1 aromatic heterocycles. The Morgan fingerprint density at radius 1 is 0.891 bits per heavy atom. The SMILES string of the molecule is CCC(C)C(N)C(=O)NC(Cc1c[nH]c2ccccc12)C(=O)NC(CCCN=C(N)N)C(=O)NC(Cc1ccc(O)cc1)C(=O)O. The van der Waals surface area contributed by atoms with Crippen LogP contribution in [0.1, 0.15) is 44.2 Å². The number of nitrogens with two attached hydrogens (primary N) is 3. The number of aromatic nitrogens is 1. The molecule has 0 spiro atoms. The second kappa shape index (κ2) is 16.8. The van der Waals surface area contributed by atoms with Gasteiger partial charge in [-0.2, -0.15) is 0 Å². The molecule has 0 fully saturated rings. The molecule has 46 heavy (non-hydrogen) atoms. The summed E-state index contributed by atoms with van der Waals surface area (Å²) in [7, 11) is 0. The molecule has 14 nitrogen and oxygen atoms in total. The van der Waals surface area contributed by atoms with Crippen molar-refractivity contribution in [1.82, 2.24) is 20.9 Å². The third-order valence-corrected chi connectivity index (χ3v) is 7.86. The number of aliphatic imine (C=N–C) groups is 1. The van der Waals surface area contributed by atoms with Crippen LogP contribution in [-0.4, -0.2) is 75.6 Å². The van der Waals surface area contributed by atoms with E-state index in [0.717, 1.165) is 16.5 Å². The smallest absolute Gasteiger partial charge is 0.326 e. The van der Waals surface area contributed by atoms with Gasteiger partial charge in [0.05, 0.1) is 6.04 Å². The van der Waals surface area contributed by atoms with Crippen LogP contribution in [0.15, 0.2) is 59.7 Å². The fourth-order valence-electron chi connectivity index (χ4n) is 4.89. The number of guanidine groups is 1. The Hall–Kier alpha value is -5.11. The molecule has 3 amide bonds. The predicted molar refractivity (Wildman–Crippen MR) is 175 cm³/mol. The summed E-state index contributed by atoms with van der Waals surface area (Å²) in [6.07, 6.45) is 2.79. The first-order chi connectivity index (χ1) is 21.9. The van der Waals surface area contributed by atoms with Crippen molar-refractivity contribution in [2.45, 2.75) is 70.1 Å². The number of aliphatic carboxylic acids is 1. The van der Waals surface area contributed by atoms with Gasteiger partial charge in [0.1, 0.15) is 23.9 Å². The summed E-state index contributed by atoms with van der Waals surface area (Å²) in [5, 5.41) is 28.3. The Morgan fingerprint density at radius 3 is 2.17 bits per heavy atom. The van der Waals surface area contributed by atoms with Crippen LogP contribution in [0.5, 0.6) is 5.75 Å².